The van der Waals surface area contributed by atoms with Gasteiger partial charge in [0.1, 0.15) is 12.4 Å². The summed E-state index contributed by atoms with van der Waals surface area (Å²) in [5, 5.41) is 0. The number of hydrogen-bond donors (Lipinski definition) is 0. The number of amides is 2. The van der Waals surface area contributed by atoms with Crippen molar-refractivity contribution in [2.45, 2.75) is 0 Å². The predicted molar refractivity (Wildman–Crippen MR) is 100 cm³/mol. The van der Waals surface area contributed by atoms with E-state index >= 15 is 0 Å². The van der Waals surface area contributed by atoms with Crippen LogP contribution in [0.5, 0.6) is 0 Å². The zero-order valence-electron chi connectivity index (χ0n) is 15.8. The van der Waals surface area contributed by atoms with Crippen molar-refractivity contribution >= 4 is 17.5 Å². The number of ether oxygens (including phenoxy) is 1. The summed E-state index contributed by atoms with van der Waals surface area (Å²) in [5.41, 5.74) is 0.986. The molecule has 148 valence electrons. The molecule has 2 saturated heterocycles. The summed E-state index contributed by atoms with van der Waals surface area (Å²) in [6, 6.07) is 6.47. The number of piperazine rings is 2. The fraction of sp³-hybridized carbons (Fsp3) is 0.579. The Morgan fingerprint density at radius 2 is 1.44 bits per heavy atom. The lowest BCUT2D eigenvalue weighted by molar-refractivity contribution is -0.138. The van der Waals surface area contributed by atoms with Gasteiger partial charge in [0.25, 0.3) is 0 Å². The van der Waals surface area contributed by atoms with Crippen molar-refractivity contribution in [1.29, 1.82) is 0 Å². The average molecular weight is 378 g/mol. The summed E-state index contributed by atoms with van der Waals surface area (Å²) in [6.07, 6.45) is 0. The van der Waals surface area contributed by atoms with E-state index in [0.29, 0.717) is 45.8 Å². The third-order valence-corrected chi connectivity index (χ3v) is 5.18. The highest BCUT2D eigenvalue weighted by atomic mass is 19.1. The van der Waals surface area contributed by atoms with E-state index in [1.165, 1.54) is 19.2 Å². The van der Waals surface area contributed by atoms with Gasteiger partial charge in [0.05, 0.1) is 6.54 Å². The van der Waals surface area contributed by atoms with Crippen molar-refractivity contribution in [1.82, 2.24) is 14.7 Å². The van der Waals surface area contributed by atoms with Gasteiger partial charge in [0.15, 0.2) is 0 Å². The van der Waals surface area contributed by atoms with Crippen molar-refractivity contribution in [3.8, 4) is 0 Å². The SMILES string of the molecule is COCC(=O)N1CCN(CC(=O)N2CCN(c3ccc(F)cc3)CC2)CC1. The number of benzene rings is 1. The third kappa shape index (κ3) is 5.17. The average Bonchev–Trinajstić information content (AvgIpc) is 2.69. The molecule has 0 N–H and O–H groups in total. The Balaban J connectivity index is 1.41. The van der Waals surface area contributed by atoms with E-state index in [9.17, 15) is 14.0 Å². The molecule has 7 nitrogen and oxygen atoms in total. The maximum atomic E-state index is 13.0. The smallest absolute Gasteiger partial charge is 0.248 e. The van der Waals surface area contributed by atoms with Gasteiger partial charge in [-0.15, -0.1) is 0 Å². The molecule has 0 saturated carbocycles. The monoisotopic (exact) mass is 378 g/mol. The van der Waals surface area contributed by atoms with Crippen molar-refractivity contribution in [3.63, 3.8) is 0 Å². The molecule has 1 aromatic carbocycles. The molecule has 0 unspecified atom stereocenters. The Morgan fingerprint density at radius 3 is 2.04 bits per heavy atom. The van der Waals surface area contributed by atoms with Gasteiger partial charge in [-0.05, 0) is 24.3 Å². The van der Waals surface area contributed by atoms with E-state index in [-0.39, 0.29) is 24.2 Å². The Hall–Kier alpha value is -2.19. The lowest BCUT2D eigenvalue weighted by Gasteiger charge is -2.38. The van der Waals surface area contributed by atoms with E-state index in [1.54, 1.807) is 17.0 Å². The number of methoxy groups -OCH3 is 1. The van der Waals surface area contributed by atoms with Gasteiger partial charge >= 0.3 is 0 Å². The van der Waals surface area contributed by atoms with E-state index in [1.807, 2.05) is 4.90 Å². The molecule has 2 amide bonds. The van der Waals surface area contributed by atoms with Crippen LogP contribution in [0, 0.1) is 5.82 Å². The normalized spacial score (nSPS) is 18.7. The Bertz CT molecular complexity index is 639. The van der Waals surface area contributed by atoms with E-state index in [2.05, 4.69) is 9.80 Å². The minimum Gasteiger partial charge on any atom is -0.375 e. The second-order valence-corrected chi connectivity index (χ2v) is 6.93. The molecule has 2 fully saturated rings. The minimum atomic E-state index is -0.239. The standard InChI is InChI=1S/C19H27FN4O3/c1-27-15-19(26)24-8-6-21(7-9-24)14-18(25)23-12-10-22(11-13-23)17-4-2-16(20)3-5-17/h2-5H,6-15H2,1H3. The van der Waals surface area contributed by atoms with Crippen molar-refractivity contribution < 1.29 is 18.7 Å². The van der Waals surface area contributed by atoms with Crippen molar-refractivity contribution in [3.05, 3.63) is 30.1 Å². The topological polar surface area (TPSA) is 56.3 Å². The first-order valence-corrected chi connectivity index (χ1v) is 9.34. The molecule has 2 aliphatic rings. The van der Waals surface area contributed by atoms with Crippen LogP contribution in [-0.4, -0.2) is 99.1 Å². The van der Waals surface area contributed by atoms with Crippen LogP contribution in [0.15, 0.2) is 24.3 Å². The lowest BCUT2D eigenvalue weighted by Crippen LogP contribution is -2.54. The summed E-state index contributed by atoms with van der Waals surface area (Å²) in [6.45, 7) is 6.01. The fourth-order valence-electron chi connectivity index (χ4n) is 3.53. The second kappa shape index (κ2) is 9.14. The number of rotatable bonds is 5. The molecule has 27 heavy (non-hydrogen) atoms. The fourth-order valence-corrected chi connectivity index (χ4v) is 3.53. The molecule has 0 bridgehead atoms. The lowest BCUT2D eigenvalue weighted by atomic mass is 10.2. The van der Waals surface area contributed by atoms with E-state index in [0.717, 1.165) is 18.8 Å². The maximum absolute atomic E-state index is 13.0. The molecule has 1 aromatic rings. The van der Waals surface area contributed by atoms with Crippen LogP contribution in [0.3, 0.4) is 0 Å². The molecule has 2 aliphatic heterocycles. The van der Waals surface area contributed by atoms with Gasteiger partial charge in [-0.2, -0.15) is 0 Å². The first-order chi connectivity index (χ1) is 13.1. The molecule has 2 heterocycles. The maximum Gasteiger partial charge on any atom is 0.248 e. The Labute approximate surface area is 159 Å². The second-order valence-electron chi connectivity index (χ2n) is 6.93. The van der Waals surface area contributed by atoms with Gasteiger partial charge < -0.3 is 19.4 Å². The highest BCUT2D eigenvalue weighted by molar-refractivity contribution is 5.79. The first-order valence-electron chi connectivity index (χ1n) is 9.34. The largest absolute Gasteiger partial charge is 0.375 e. The summed E-state index contributed by atoms with van der Waals surface area (Å²) >= 11 is 0. The number of halogens is 1. The Kier molecular flexibility index (Phi) is 6.63. The molecule has 3 rings (SSSR count). The van der Waals surface area contributed by atoms with Gasteiger partial charge in [0, 0.05) is 65.2 Å². The van der Waals surface area contributed by atoms with Gasteiger partial charge in [-0.25, -0.2) is 4.39 Å². The van der Waals surface area contributed by atoms with Gasteiger partial charge in [0.2, 0.25) is 11.8 Å². The predicted octanol–water partition coefficient (Wildman–Crippen LogP) is 0.265. The van der Waals surface area contributed by atoms with Gasteiger partial charge in [-0.3, -0.25) is 14.5 Å². The number of nitrogens with zero attached hydrogens (tertiary/aromatic N) is 4. The van der Waals surface area contributed by atoms with E-state index in [4.69, 9.17) is 4.74 Å². The van der Waals surface area contributed by atoms with Crippen LogP contribution >= 0.6 is 0 Å². The summed E-state index contributed by atoms with van der Waals surface area (Å²) in [4.78, 5) is 32.4. The number of hydrogen-bond acceptors (Lipinski definition) is 5. The van der Waals surface area contributed by atoms with Crippen LogP contribution in [0.2, 0.25) is 0 Å². The minimum absolute atomic E-state index is 0.000363. The van der Waals surface area contributed by atoms with Crippen molar-refractivity contribution in [2.75, 3.05) is 77.5 Å². The number of carbonyl (C=O) groups excluding carboxylic acids is 2. The zero-order valence-corrected chi connectivity index (χ0v) is 15.8. The number of anilines is 1. The highest BCUT2D eigenvalue weighted by Gasteiger charge is 2.26. The van der Waals surface area contributed by atoms with Crippen LogP contribution in [0.4, 0.5) is 10.1 Å². The van der Waals surface area contributed by atoms with Crippen LogP contribution in [-0.2, 0) is 14.3 Å². The highest BCUT2D eigenvalue weighted by Crippen LogP contribution is 2.17. The molecular formula is C19H27FN4O3. The van der Waals surface area contributed by atoms with E-state index < -0.39 is 0 Å². The summed E-state index contributed by atoms with van der Waals surface area (Å²) < 4.78 is 17.9. The summed E-state index contributed by atoms with van der Waals surface area (Å²) in [7, 11) is 1.52. The molecule has 0 spiro atoms. The molecule has 0 aromatic heterocycles. The third-order valence-electron chi connectivity index (χ3n) is 5.18. The quantitative estimate of drug-likeness (QED) is 0.736. The summed E-state index contributed by atoms with van der Waals surface area (Å²) in [5.74, 6) is -0.109. The Morgan fingerprint density at radius 1 is 0.889 bits per heavy atom. The number of carbonyl (C=O) groups is 2. The van der Waals surface area contributed by atoms with Gasteiger partial charge in [-0.1, -0.05) is 0 Å². The van der Waals surface area contributed by atoms with Crippen molar-refractivity contribution in [2.24, 2.45) is 0 Å². The zero-order chi connectivity index (χ0) is 19.2. The molecule has 0 atom stereocenters. The molecule has 8 heteroatoms. The molecule has 0 aliphatic carbocycles. The van der Waals surface area contributed by atoms with Crippen LogP contribution in [0.25, 0.3) is 0 Å². The van der Waals surface area contributed by atoms with Crippen LogP contribution in [0.1, 0.15) is 0 Å². The van der Waals surface area contributed by atoms with Crippen LogP contribution < -0.4 is 4.90 Å². The molecule has 0 radical (unpaired) electrons. The molecular weight excluding hydrogens is 351 g/mol. The first kappa shape index (κ1) is 19.6.